The molecule has 0 aliphatic carbocycles. The van der Waals surface area contributed by atoms with Gasteiger partial charge >= 0.3 is 0 Å². The van der Waals surface area contributed by atoms with Crippen LogP contribution in [-0.2, 0) is 0 Å². The molecule has 3 nitrogen and oxygen atoms in total. The third-order valence-electron chi connectivity index (χ3n) is 4.91. The molecule has 1 N–H and O–H groups in total. The number of amidine groups is 1. The van der Waals surface area contributed by atoms with Crippen LogP contribution in [0.5, 0.6) is 0 Å². The Morgan fingerprint density at radius 2 is 1.75 bits per heavy atom. The summed E-state index contributed by atoms with van der Waals surface area (Å²) in [7, 11) is 2.31. The summed E-state index contributed by atoms with van der Waals surface area (Å²) in [6, 6.07) is 2.28. The maximum absolute atomic E-state index is 8.01. The normalized spacial score (nSPS) is 40.4. The first-order chi connectivity index (χ1) is 7.75. The van der Waals surface area contributed by atoms with E-state index >= 15 is 0 Å². The quantitative estimate of drug-likeness (QED) is 0.735. The van der Waals surface area contributed by atoms with Gasteiger partial charge in [-0.15, -0.1) is 0 Å². The number of hydrogen-bond acceptors (Lipinski definition) is 2. The molecule has 3 fully saturated rings. The maximum Gasteiger partial charge on any atom is 0.0960 e. The molecule has 16 heavy (non-hydrogen) atoms. The van der Waals surface area contributed by atoms with Gasteiger partial charge in [-0.1, -0.05) is 6.42 Å². The van der Waals surface area contributed by atoms with Gasteiger partial charge < -0.3 is 9.80 Å². The van der Waals surface area contributed by atoms with Crippen molar-refractivity contribution in [1.82, 2.24) is 9.80 Å². The van der Waals surface area contributed by atoms with E-state index in [1.54, 1.807) is 0 Å². The van der Waals surface area contributed by atoms with Crippen LogP contribution in [0.25, 0.3) is 0 Å². The van der Waals surface area contributed by atoms with E-state index in [4.69, 9.17) is 5.41 Å². The van der Waals surface area contributed by atoms with Crippen molar-refractivity contribution in [3.63, 3.8) is 0 Å². The first-order valence-electron chi connectivity index (χ1n) is 6.81. The fraction of sp³-hybridized carbons (Fsp3) is 0.923. The molecular weight excluding hydrogens is 198 g/mol. The van der Waals surface area contributed by atoms with Crippen LogP contribution in [0.4, 0.5) is 0 Å². The minimum absolute atomic E-state index is 0.682. The largest absolute Gasteiger partial charge is 0.357 e. The SMILES string of the molecule is CN1C2CCCC1CC(N1CCCC1=N)C2. The van der Waals surface area contributed by atoms with Crippen LogP contribution >= 0.6 is 0 Å². The highest BCUT2D eigenvalue weighted by Crippen LogP contribution is 2.35. The average Bonchev–Trinajstić information content (AvgIpc) is 2.64. The van der Waals surface area contributed by atoms with Gasteiger partial charge in [-0.3, -0.25) is 5.41 Å². The molecule has 2 bridgehead atoms. The molecule has 0 aromatic rings. The molecule has 0 saturated carbocycles. The van der Waals surface area contributed by atoms with Crippen molar-refractivity contribution in [3.05, 3.63) is 0 Å². The zero-order valence-corrected chi connectivity index (χ0v) is 10.3. The summed E-state index contributed by atoms with van der Waals surface area (Å²) in [5, 5.41) is 8.01. The molecule has 3 aliphatic heterocycles. The predicted octanol–water partition coefficient (Wildman–Crippen LogP) is 2.07. The molecular formula is C13H23N3. The minimum atomic E-state index is 0.682. The van der Waals surface area contributed by atoms with E-state index in [0.717, 1.165) is 30.9 Å². The zero-order chi connectivity index (χ0) is 11.1. The molecule has 90 valence electrons. The number of likely N-dealkylation sites (tertiary alicyclic amines) is 1. The smallest absolute Gasteiger partial charge is 0.0960 e. The van der Waals surface area contributed by atoms with Gasteiger partial charge in [-0.25, -0.2) is 0 Å². The number of nitrogens with zero attached hydrogens (tertiary/aromatic N) is 2. The van der Waals surface area contributed by atoms with E-state index in [1.165, 1.54) is 38.5 Å². The van der Waals surface area contributed by atoms with E-state index < -0.39 is 0 Å². The summed E-state index contributed by atoms with van der Waals surface area (Å²) in [6.07, 6.45) is 9.01. The van der Waals surface area contributed by atoms with Crippen LogP contribution in [0.2, 0.25) is 0 Å². The molecule has 0 amide bonds. The predicted molar refractivity (Wildman–Crippen MR) is 65.9 cm³/mol. The molecule has 3 rings (SSSR count). The van der Waals surface area contributed by atoms with E-state index in [2.05, 4.69) is 16.8 Å². The van der Waals surface area contributed by atoms with Crippen LogP contribution in [0.15, 0.2) is 0 Å². The summed E-state index contributed by atoms with van der Waals surface area (Å²) in [5.74, 6) is 0.910. The van der Waals surface area contributed by atoms with Gasteiger partial charge in [0.25, 0.3) is 0 Å². The van der Waals surface area contributed by atoms with Gasteiger partial charge in [-0.2, -0.15) is 0 Å². The molecule has 3 heteroatoms. The van der Waals surface area contributed by atoms with Crippen molar-refractivity contribution in [2.75, 3.05) is 13.6 Å². The Kier molecular flexibility index (Phi) is 2.66. The van der Waals surface area contributed by atoms with Gasteiger partial charge in [0.2, 0.25) is 0 Å². The zero-order valence-electron chi connectivity index (χ0n) is 10.3. The maximum atomic E-state index is 8.01. The molecule has 3 saturated heterocycles. The highest BCUT2D eigenvalue weighted by Gasteiger charge is 2.39. The van der Waals surface area contributed by atoms with Gasteiger partial charge in [-0.05, 0) is 39.2 Å². The fourth-order valence-corrected chi connectivity index (χ4v) is 3.94. The second-order valence-corrected chi connectivity index (χ2v) is 5.77. The molecule has 2 unspecified atom stereocenters. The highest BCUT2D eigenvalue weighted by molar-refractivity contribution is 5.81. The summed E-state index contributed by atoms with van der Waals surface area (Å²) < 4.78 is 0. The molecule has 0 radical (unpaired) electrons. The van der Waals surface area contributed by atoms with Crippen LogP contribution < -0.4 is 0 Å². The van der Waals surface area contributed by atoms with Crippen molar-refractivity contribution in [1.29, 1.82) is 5.41 Å². The Bertz CT molecular complexity index is 275. The Morgan fingerprint density at radius 1 is 1.06 bits per heavy atom. The van der Waals surface area contributed by atoms with Crippen LogP contribution in [0.3, 0.4) is 0 Å². The summed E-state index contributed by atoms with van der Waals surface area (Å²) in [4.78, 5) is 5.01. The summed E-state index contributed by atoms with van der Waals surface area (Å²) in [5.41, 5.74) is 0. The number of rotatable bonds is 1. The van der Waals surface area contributed by atoms with Crippen molar-refractivity contribution in [2.24, 2.45) is 0 Å². The van der Waals surface area contributed by atoms with Crippen molar-refractivity contribution >= 4 is 5.84 Å². The van der Waals surface area contributed by atoms with Crippen LogP contribution in [-0.4, -0.2) is 47.4 Å². The first kappa shape index (κ1) is 10.6. The lowest BCUT2D eigenvalue weighted by Gasteiger charge is -2.49. The van der Waals surface area contributed by atoms with Gasteiger partial charge in [0.1, 0.15) is 0 Å². The first-order valence-corrected chi connectivity index (χ1v) is 6.81. The lowest BCUT2D eigenvalue weighted by molar-refractivity contribution is 0.0292. The summed E-state index contributed by atoms with van der Waals surface area (Å²) in [6.45, 7) is 1.15. The van der Waals surface area contributed by atoms with Crippen molar-refractivity contribution in [2.45, 2.75) is 63.1 Å². The number of hydrogen-bond donors (Lipinski definition) is 1. The van der Waals surface area contributed by atoms with E-state index in [9.17, 15) is 0 Å². The number of fused-ring (bicyclic) bond motifs is 2. The van der Waals surface area contributed by atoms with Gasteiger partial charge in [0.15, 0.2) is 0 Å². The number of nitrogens with one attached hydrogen (secondary N) is 1. The Hall–Kier alpha value is -0.570. The van der Waals surface area contributed by atoms with E-state index in [-0.39, 0.29) is 0 Å². The molecule has 0 aromatic carbocycles. The Morgan fingerprint density at radius 3 is 2.31 bits per heavy atom. The Balaban J connectivity index is 1.72. The fourth-order valence-electron chi connectivity index (χ4n) is 3.94. The third-order valence-corrected chi connectivity index (χ3v) is 4.91. The van der Waals surface area contributed by atoms with E-state index in [1.807, 2.05) is 0 Å². The molecule has 3 heterocycles. The molecule has 0 spiro atoms. The van der Waals surface area contributed by atoms with Crippen LogP contribution in [0.1, 0.15) is 44.9 Å². The minimum Gasteiger partial charge on any atom is -0.357 e. The second-order valence-electron chi connectivity index (χ2n) is 5.77. The molecule has 3 aliphatic rings. The monoisotopic (exact) mass is 221 g/mol. The molecule has 0 aromatic heterocycles. The van der Waals surface area contributed by atoms with E-state index in [0.29, 0.717) is 6.04 Å². The van der Waals surface area contributed by atoms with Crippen LogP contribution in [0, 0.1) is 5.41 Å². The van der Waals surface area contributed by atoms with Gasteiger partial charge in [0, 0.05) is 31.1 Å². The van der Waals surface area contributed by atoms with Gasteiger partial charge in [0.05, 0.1) is 5.84 Å². The standard InChI is InChI=1S/C13H23N3/c1-15-10-4-2-5-11(15)9-12(8-10)16-7-3-6-13(16)14/h10-12,14H,2-9H2,1H3. The lowest BCUT2D eigenvalue weighted by Crippen LogP contribution is -2.55. The van der Waals surface area contributed by atoms with Crippen molar-refractivity contribution in [3.8, 4) is 0 Å². The summed E-state index contributed by atoms with van der Waals surface area (Å²) >= 11 is 0. The van der Waals surface area contributed by atoms with Crippen molar-refractivity contribution < 1.29 is 0 Å². The average molecular weight is 221 g/mol. The second kappa shape index (κ2) is 4.02. The topological polar surface area (TPSA) is 30.3 Å². The Labute approximate surface area is 98.3 Å². The number of piperidine rings is 2. The third kappa shape index (κ3) is 1.65. The lowest BCUT2D eigenvalue weighted by atomic mass is 9.82. The highest BCUT2D eigenvalue weighted by atomic mass is 15.3. The molecule has 2 atom stereocenters.